The molecule has 0 N–H and O–H groups in total. The van der Waals surface area contributed by atoms with Gasteiger partial charge in [0.05, 0.1) is 0 Å². The van der Waals surface area contributed by atoms with E-state index in [1.165, 1.54) is 13.8 Å². The zero-order chi connectivity index (χ0) is 12.3. The van der Waals surface area contributed by atoms with Gasteiger partial charge in [-0.3, -0.25) is 9.59 Å². The van der Waals surface area contributed by atoms with E-state index in [-0.39, 0.29) is 6.61 Å². The maximum Gasteiger partial charge on any atom is 0.303 e. The molecule has 0 aromatic heterocycles. The summed E-state index contributed by atoms with van der Waals surface area (Å²) in [6.45, 7) is 2.59. The van der Waals surface area contributed by atoms with Gasteiger partial charge in [0, 0.05) is 13.8 Å². The number of carbonyl (C=O) groups excluding carboxylic acids is 2. The van der Waals surface area contributed by atoms with Crippen molar-refractivity contribution in [2.75, 3.05) is 6.61 Å². The van der Waals surface area contributed by atoms with Crippen LogP contribution in [0.1, 0.15) is 13.8 Å². The summed E-state index contributed by atoms with van der Waals surface area (Å²) in [7, 11) is 0. The number of esters is 2. The van der Waals surface area contributed by atoms with E-state index in [0.717, 1.165) is 0 Å². The Balaban J connectivity index is 2.59. The summed E-state index contributed by atoms with van der Waals surface area (Å²) in [4.78, 5) is 21.5. The van der Waals surface area contributed by atoms with Crippen LogP contribution in [0, 0.1) is 0 Å². The number of halogens is 2. The highest BCUT2D eigenvalue weighted by molar-refractivity contribution is 9.09. The molecule has 92 valence electrons. The van der Waals surface area contributed by atoms with Gasteiger partial charge in [-0.2, -0.15) is 0 Å². The molecule has 7 heteroatoms. The molecular formula is C9H12BrClO5. The summed E-state index contributed by atoms with van der Waals surface area (Å²) in [6, 6.07) is 0. The number of rotatable bonds is 3. The van der Waals surface area contributed by atoms with Gasteiger partial charge >= 0.3 is 11.9 Å². The molecule has 1 aliphatic rings. The highest BCUT2D eigenvalue weighted by Crippen LogP contribution is 2.32. The molecule has 1 aliphatic heterocycles. The van der Waals surface area contributed by atoms with Crippen LogP contribution in [0.3, 0.4) is 0 Å². The average Bonchev–Trinajstić information content (AvgIpc) is 2.42. The lowest BCUT2D eigenvalue weighted by Crippen LogP contribution is -2.35. The molecule has 0 saturated carbocycles. The van der Waals surface area contributed by atoms with E-state index in [4.69, 9.17) is 25.8 Å². The second-order valence-electron chi connectivity index (χ2n) is 3.35. The van der Waals surface area contributed by atoms with Gasteiger partial charge in [0.1, 0.15) is 23.1 Å². The molecule has 5 nitrogen and oxygen atoms in total. The highest BCUT2D eigenvalue weighted by atomic mass is 79.9. The molecule has 0 bridgehead atoms. The molecule has 1 heterocycles. The van der Waals surface area contributed by atoms with Crippen molar-refractivity contribution in [3.63, 3.8) is 0 Å². The van der Waals surface area contributed by atoms with Gasteiger partial charge in [-0.25, -0.2) is 0 Å². The first-order valence-electron chi connectivity index (χ1n) is 4.66. The summed E-state index contributed by atoms with van der Waals surface area (Å²) >= 11 is 9.19. The standard InChI is InChI=1S/C9H12BrClO5/c1-4(12)14-3-6-8(15-5(2)13)7(11)9(10)16-6/h6-9H,3H2,1-2H3/t6-,7-,8-,9+/m1/s1. The minimum absolute atomic E-state index is 0.0125. The Labute approximate surface area is 106 Å². The van der Waals surface area contributed by atoms with E-state index in [0.29, 0.717) is 0 Å². The number of alkyl halides is 2. The molecular weight excluding hydrogens is 303 g/mol. The Morgan fingerprint density at radius 1 is 1.38 bits per heavy atom. The zero-order valence-electron chi connectivity index (χ0n) is 8.81. The van der Waals surface area contributed by atoms with Crippen molar-refractivity contribution in [3.8, 4) is 0 Å². The first-order valence-corrected chi connectivity index (χ1v) is 6.01. The molecule has 16 heavy (non-hydrogen) atoms. The first kappa shape index (κ1) is 13.7. The van der Waals surface area contributed by atoms with Gasteiger partial charge in [0.15, 0.2) is 6.10 Å². The normalized spacial score (nSPS) is 33.5. The van der Waals surface area contributed by atoms with Crippen LogP contribution in [0.5, 0.6) is 0 Å². The molecule has 0 aliphatic carbocycles. The smallest absolute Gasteiger partial charge is 0.303 e. The zero-order valence-corrected chi connectivity index (χ0v) is 11.2. The monoisotopic (exact) mass is 314 g/mol. The van der Waals surface area contributed by atoms with Crippen molar-refractivity contribution < 1.29 is 23.8 Å². The third-order valence-electron chi connectivity index (χ3n) is 1.99. The van der Waals surface area contributed by atoms with E-state index in [1.807, 2.05) is 0 Å². The van der Waals surface area contributed by atoms with Crippen LogP contribution >= 0.6 is 27.5 Å². The van der Waals surface area contributed by atoms with E-state index in [1.54, 1.807) is 0 Å². The molecule has 0 spiro atoms. The van der Waals surface area contributed by atoms with Crippen LogP contribution in [0.2, 0.25) is 0 Å². The van der Waals surface area contributed by atoms with E-state index >= 15 is 0 Å². The van der Waals surface area contributed by atoms with Crippen LogP contribution in [0.4, 0.5) is 0 Å². The molecule has 1 saturated heterocycles. The van der Waals surface area contributed by atoms with E-state index in [2.05, 4.69) is 15.9 Å². The molecule has 1 fully saturated rings. The van der Waals surface area contributed by atoms with Gasteiger partial charge in [-0.15, -0.1) is 11.6 Å². The quantitative estimate of drug-likeness (QED) is 0.579. The largest absolute Gasteiger partial charge is 0.463 e. The number of carbonyl (C=O) groups is 2. The number of hydrogen-bond donors (Lipinski definition) is 0. The predicted octanol–water partition coefficient (Wildman–Crippen LogP) is 1.21. The molecule has 4 atom stereocenters. The van der Waals surface area contributed by atoms with Crippen molar-refractivity contribution >= 4 is 39.5 Å². The Morgan fingerprint density at radius 2 is 2.00 bits per heavy atom. The molecule has 0 amide bonds. The second-order valence-corrected chi connectivity index (χ2v) is 4.75. The van der Waals surface area contributed by atoms with Crippen LogP contribution in [-0.4, -0.2) is 41.1 Å². The molecule has 0 aromatic rings. The number of ether oxygens (including phenoxy) is 3. The first-order chi connectivity index (χ1) is 7.41. The van der Waals surface area contributed by atoms with Crippen LogP contribution in [-0.2, 0) is 23.8 Å². The molecule has 0 aromatic carbocycles. The summed E-state index contributed by atoms with van der Waals surface area (Å²) in [6.07, 6.45) is -1.16. The van der Waals surface area contributed by atoms with Crippen molar-refractivity contribution in [1.82, 2.24) is 0 Å². The molecule has 1 rings (SSSR count). The lowest BCUT2D eigenvalue weighted by atomic mass is 10.2. The van der Waals surface area contributed by atoms with Crippen molar-refractivity contribution in [1.29, 1.82) is 0 Å². The van der Waals surface area contributed by atoms with Gasteiger partial charge in [-0.1, -0.05) is 15.9 Å². The molecule has 0 unspecified atom stereocenters. The Hall–Kier alpha value is -0.330. The van der Waals surface area contributed by atoms with Crippen molar-refractivity contribution in [2.45, 2.75) is 36.4 Å². The van der Waals surface area contributed by atoms with Crippen LogP contribution < -0.4 is 0 Å². The maximum atomic E-state index is 10.9. The van der Waals surface area contributed by atoms with Gasteiger partial charge in [0.25, 0.3) is 0 Å². The fraction of sp³-hybridized carbons (Fsp3) is 0.778. The third-order valence-corrected chi connectivity index (χ3v) is 3.56. The van der Waals surface area contributed by atoms with E-state index in [9.17, 15) is 9.59 Å². The Kier molecular flexibility index (Phi) is 5.01. The average molecular weight is 316 g/mol. The molecule has 0 radical (unpaired) electrons. The second kappa shape index (κ2) is 5.84. The van der Waals surface area contributed by atoms with Gasteiger partial charge in [-0.05, 0) is 0 Å². The summed E-state index contributed by atoms with van der Waals surface area (Å²) in [5, 5.41) is -0.941. The fourth-order valence-electron chi connectivity index (χ4n) is 1.34. The van der Waals surface area contributed by atoms with Crippen molar-refractivity contribution in [2.24, 2.45) is 0 Å². The van der Waals surface area contributed by atoms with Crippen LogP contribution in [0.25, 0.3) is 0 Å². The maximum absolute atomic E-state index is 10.9. The van der Waals surface area contributed by atoms with Gasteiger partial charge < -0.3 is 14.2 Å². The minimum atomic E-state index is -0.622. The Morgan fingerprint density at radius 3 is 2.50 bits per heavy atom. The highest BCUT2D eigenvalue weighted by Gasteiger charge is 2.45. The predicted molar refractivity (Wildman–Crippen MR) is 59.4 cm³/mol. The fourth-order valence-corrected chi connectivity index (χ4v) is 2.19. The topological polar surface area (TPSA) is 61.8 Å². The van der Waals surface area contributed by atoms with Crippen molar-refractivity contribution in [3.05, 3.63) is 0 Å². The Bertz CT molecular complexity index is 285. The summed E-state index contributed by atoms with van der Waals surface area (Å²) in [5.41, 5.74) is 0. The van der Waals surface area contributed by atoms with Gasteiger partial charge in [0.2, 0.25) is 0 Å². The van der Waals surface area contributed by atoms with E-state index < -0.39 is 34.5 Å². The lowest BCUT2D eigenvalue weighted by Gasteiger charge is -2.19. The minimum Gasteiger partial charge on any atom is -0.463 e. The summed E-state index contributed by atoms with van der Waals surface area (Å²) < 4.78 is 15.2. The van der Waals surface area contributed by atoms with Crippen LogP contribution in [0.15, 0.2) is 0 Å². The summed E-state index contributed by atoms with van der Waals surface area (Å²) in [5.74, 6) is -0.872. The number of hydrogen-bond acceptors (Lipinski definition) is 5. The third kappa shape index (κ3) is 3.61. The lowest BCUT2D eigenvalue weighted by molar-refractivity contribution is -0.154. The SMILES string of the molecule is CC(=O)OC[C@H]1O[C@H](Br)[C@H](Cl)[C@@H]1OC(C)=O.